The van der Waals surface area contributed by atoms with Crippen LogP contribution in [0.3, 0.4) is 0 Å². The van der Waals surface area contributed by atoms with Crippen molar-refractivity contribution in [1.29, 1.82) is 0 Å². The Kier molecular flexibility index (Phi) is 3.50. The lowest BCUT2D eigenvalue weighted by Crippen LogP contribution is -2.17. The molecule has 5 nitrogen and oxygen atoms in total. The number of pyridine rings is 1. The molecule has 100 valence electrons. The number of hydrogen-bond donors (Lipinski definition) is 1. The van der Waals surface area contributed by atoms with Gasteiger partial charge in [-0.2, -0.15) is 0 Å². The van der Waals surface area contributed by atoms with Crippen LogP contribution in [0.5, 0.6) is 5.75 Å². The highest BCUT2D eigenvalue weighted by molar-refractivity contribution is 5.93. The fourth-order valence-corrected chi connectivity index (χ4v) is 1.75. The molecule has 2 aromatic rings. The molecule has 0 aliphatic rings. The lowest BCUT2D eigenvalue weighted by molar-refractivity contribution is 0.0599. The molecule has 0 unspecified atom stereocenters. The number of rotatable bonds is 3. The maximum Gasteiger partial charge on any atom is 0.343 e. The fraction of sp³-hybridized carbons (Fsp3) is 0.231. The minimum Gasteiger partial charge on any atom is -0.491 e. The van der Waals surface area contributed by atoms with E-state index in [-0.39, 0.29) is 23.3 Å². The summed E-state index contributed by atoms with van der Waals surface area (Å²) in [6.45, 7) is 1.98. The number of carbonyl (C=O) groups excluding carboxylic acids is 1. The van der Waals surface area contributed by atoms with E-state index < -0.39 is 17.2 Å². The third kappa shape index (κ3) is 2.29. The van der Waals surface area contributed by atoms with Gasteiger partial charge in [-0.3, -0.25) is 4.79 Å². The van der Waals surface area contributed by atoms with Crippen LogP contribution in [0, 0.1) is 5.82 Å². The third-order valence-electron chi connectivity index (χ3n) is 2.64. The smallest absolute Gasteiger partial charge is 0.343 e. The lowest BCUT2D eigenvalue weighted by Gasteiger charge is -2.07. The quantitative estimate of drug-likeness (QED) is 0.860. The second-order valence-corrected chi connectivity index (χ2v) is 3.78. The highest BCUT2D eigenvalue weighted by Gasteiger charge is 2.15. The number of methoxy groups -OCH3 is 1. The van der Waals surface area contributed by atoms with Gasteiger partial charge >= 0.3 is 5.97 Å². The maximum atomic E-state index is 13.6. The van der Waals surface area contributed by atoms with Gasteiger partial charge in [0.25, 0.3) is 0 Å². The highest BCUT2D eigenvalue weighted by atomic mass is 19.1. The monoisotopic (exact) mass is 265 g/mol. The second-order valence-electron chi connectivity index (χ2n) is 3.78. The molecular weight excluding hydrogens is 253 g/mol. The van der Waals surface area contributed by atoms with Crippen LogP contribution in [0.15, 0.2) is 23.1 Å². The molecule has 0 saturated heterocycles. The summed E-state index contributed by atoms with van der Waals surface area (Å²) >= 11 is 0. The molecule has 1 N–H and O–H groups in total. The first-order valence-electron chi connectivity index (χ1n) is 5.64. The van der Waals surface area contributed by atoms with Crippen LogP contribution in [-0.2, 0) is 4.74 Å². The topological polar surface area (TPSA) is 68.4 Å². The molecule has 0 spiro atoms. The van der Waals surface area contributed by atoms with E-state index in [0.717, 1.165) is 6.07 Å². The van der Waals surface area contributed by atoms with Crippen molar-refractivity contribution in [2.75, 3.05) is 13.7 Å². The minimum atomic E-state index is -0.745. The van der Waals surface area contributed by atoms with E-state index in [0.29, 0.717) is 5.52 Å². The Morgan fingerprint density at radius 2 is 2.16 bits per heavy atom. The predicted molar refractivity (Wildman–Crippen MR) is 67.0 cm³/mol. The van der Waals surface area contributed by atoms with E-state index in [1.54, 1.807) is 6.92 Å². The Morgan fingerprint density at radius 3 is 2.79 bits per heavy atom. The zero-order chi connectivity index (χ0) is 14.0. The summed E-state index contributed by atoms with van der Waals surface area (Å²) in [5.41, 5.74) is -0.371. The Hall–Kier alpha value is -2.37. The van der Waals surface area contributed by atoms with Crippen LogP contribution in [0.2, 0.25) is 0 Å². The number of aromatic nitrogens is 1. The number of aromatic amines is 1. The molecule has 0 amide bonds. The van der Waals surface area contributed by atoms with Gasteiger partial charge in [-0.1, -0.05) is 0 Å². The molecule has 2 rings (SSSR count). The molecule has 1 aromatic carbocycles. The second kappa shape index (κ2) is 5.09. The highest BCUT2D eigenvalue weighted by Crippen LogP contribution is 2.22. The lowest BCUT2D eigenvalue weighted by atomic mass is 10.1. The Morgan fingerprint density at radius 1 is 1.42 bits per heavy atom. The molecule has 19 heavy (non-hydrogen) atoms. The van der Waals surface area contributed by atoms with Crippen molar-refractivity contribution >= 4 is 16.9 Å². The molecule has 0 aliphatic heterocycles. The normalized spacial score (nSPS) is 10.5. The van der Waals surface area contributed by atoms with Crippen LogP contribution in [0.1, 0.15) is 17.3 Å². The van der Waals surface area contributed by atoms with Gasteiger partial charge in [0.05, 0.1) is 24.6 Å². The molecule has 1 heterocycles. The van der Waals surface area contributed by atoms with Gasteiger partial charge in [0.15, 0.2) is 11.6 Å². The van der Waals surface area contributed by atoms with E-state index in [9.17, 15) is 14.0 Å². The van der Waals surface area contributed by atoms with Gasteiger partial charge in [-0.25, -0.2) is 9.18 Å². The molecule has 1 aromatic heterocycles. The van der Waals surface area contributed by atoms with Crippen molar-refractivity contribution in [3.05, 3.63) is 39.9 Å². The molecule has 0 saturated carbocycles. The zero-order valence-corrected chi connectivity index (χ0v) is 10.5. The average molecular weight is 265 g/mol. The SMILES string of the molecule is CCOc1cc2c(=O)c(C(=O)OC)c[nH]c2cc1F. The van der Waals surface area contributed by atoms with Gasteiger partial charge in [0.1, 0.15) is 5.56 Å². The number of H-pyrrole nitrogens is 1. The van der Waals surface area contributed by atoms with Crippen LogP contribution in [-0.4, -0.2) is 24.7 Å². The average Bonchev–Trinajstić information content (AvgIpc) is 2.40. The van der Waals surface area contributed by atoms with Gasteiger partial charge < -0.3 is 14.5 Å². The molecule has 0 atom stereocenters. The first-order valence-corrected chi connectivity index (χ1v) is 5.64. The number of halogens is 1. The number of esters is 1. The minimum absolute atomic E-state index is 0.0254. The van der Waals surface area contributed by atoms with Crippen LogP contribution in [0.4, 0.5) is 4.39 Å². The molecular formula is C13H12FNO4. The number of nitrogens with one attached hydrogen (secondary N) is 1. The predicted octanol–water partition coefficient (Wildman–Crippen LogP) is 1.85. The number of hydrogen-bond acceptors (Lipinski definition) is 4. The Bertz CT molecular complexity index is 693. The Balaban J connectivity index is 2.70. The fourth-order valence-electron chi connectivity index (χ4n) is 1.75. The standard InChI is InChI=1S/C13H12FNO4/c1-3-19-11-4-7-10(5-9(11)14)15-6-8(12(7)16)13(17)18-2/h4-6H,3H2,1-2H3,(H,15,16). The summed E-state index contributed by atoms with van der Waals surface area (Å²) in [6, 6.07) is 2.43. The number of fused-ring (bicyclic) bond motifs is 1. The van der Waals surface area contributed by atoms with Gasteiger partial charge in [0.2, 0.25) is 5.43 Å². The largest absolute Gasteiger partial charge is 0.491 e. The molecule has 6 heteroatoms. The zero-order valence-electron chi connectivity index (χ0n) is 10.5. The summed E-state index contributed by atoms with van der Waals surface area (Å²) in [7, 11) is 1.18. The molecule has 0 aliphatic carbocycles. The van der Waals surface area contributed by atoms with Crippen molar-refractivity contribution in [2.45, 2.75) is 6.92 Å². The number of carbonyl (C=O) groups is 1. The van der Waals surface area contributed by atoms with Crippen LogP contribution < -0.4 is 10.2 Å². The Labute approximate surface area is 108 Å². The summed E-state index contributed by atoms with van der Waals surface area (Å²) in [4.78, 5) is 26.2. The van der Waals surface area contributed by atoms with E-state index in [1.807, 2.05) is 0 Å². The number of ether oxygens (including phenoxy) is 2. The van der Waals surface area contributed by atoms with E-state index in [2.05, 4.69) is 9.72 Å². The summed E-state index contributed by atoms with van der Waals surface area (Å²) in [5.74, 6) is -1.34. The third-order valence-corrected chi connectivity index (χ3v) is 2.64. The van der Waals surface area contributed by atoms with E-state index in [1.165, 1.54) is 19.4 Å². The first kappa shape index (κ1) is 13.1. The molecule has 0 radical (unpaired) electrons. The van der Waals surface area contributed by atoms with Crippen molar-refractivity contribution in [1.82, 2.24) is 4.98 Å². The molecule has 0 bridgehead atoms. The molecule has 0 fully saturated rings. The summed E-state index contributed by atoms with van der Waals surface area (Å²) in [6.07, 6.45) is 1.20. The van der Waals surface area contributed by atoms with Crippen molar-refractivity contribution in [3.63, 3.8) is 0 Å². The summed E-state index contributed by atoms with van der Waals surface area (Å²) in [5, 5.41) is 0.174. The maximum absolute atomic E-state index is 13.6. The van der Waals surface area contributed by atoms with Gasteiger partial charge in [0, 0.05) is 12.3 Å². The first-order chi connectivity index (χ1) is 9.08. The van der Waals surface area contributed by atoms with Crippen molar-refractivity contribution in [2.24, 2.45) is 0 Å². The van der Waals surface area contributed by atoms with Crippen molar-refractivity contribution in [3.8, 4) is 5.75 Å². The van der Waals surface area contributed by atoms with Crippen LogP contribution in [0.25, 0.3) is 10.9 Å². The van der Waals surface area contributed by atoms with Crippen LogP contribution >= 0.6 is 0 Å². The van der Waals surface area contributed by atoms with E-state index in [4.69, 9.17) is 4.74 Å². The van der Waals surface area contributed by atoms with E-state index >= 15 is 0 Å². The summed E-state index contributed by atoms with van der Waals surface area (Å²) < 4.78 is 23.2. The van der Waals surface area contributed by atoms with Gasteiger partial charge in [-0.05, 0) is 13.0 Å². The van der Waals surface area contributed by atoms with Crippen molar-refractivity contribution < 1.29 is 18.7 Å². The number of benzene rings is 1. The van der Waals surface area contributed by atoms with Gasteiger partial charge in [-0.15, -0.1) is 0 Å².